The molecule has 7 nitrogen and oxygen atoms in total. The summed E-state index contributed by atoms with van der Waals surface area (Å²) in [5, 5.41) is 10.6. The summed E-state index contributed by atoms with van der Waals surface area (Å²) in [6.07, 6.45) is 12.0. The third-order valence-corrected chi connectivity index (χ3v) is 7.05. The van der Waals surface area contributed by atoms with Crippen molar-refractivity contribution in [3.63, 3.8) is 0 Å². The van der Waals surface area contributed by atoms with Crippen molar-refractivity contribution in [3.8, 4) is 0 Å². The zero-order valence-corrected chi connectivity index (χ0v) is 23.5. The number of aryl methyl sites for hydroxylation is 1. The van der Waals surface area contributed by atoms with Crippen molar-refractivity contribution in [2.45, 2.75) is 78.5 Å². The number of aromatic nitrogens is 2. The van der Waals surface area contributed by atoms with E-state index in [4.69, 9.17) is 9.97 Å². The smallest absolute Gasteiger partial charge is 0.225 e. The number of piperazine rings is 1. The second-order valence-electron chi connectivity index (χ2n) is 9.20. The van der Waals surface area contributed by atoms with E-state index >= 15 is 0 Å². The summed E-state index contributed by atoms with van der Waals surface area (Å²) in [7, 11) is 1.75. The highest BCUT2D eigenvalue weighted by Crippen LogP contribution is 2.26. The molecule has 1 saturated carbocycles. The molecule has 0 bridgehead atoms. The van der Waals surface area contributed by atoms with Crippen LogP contribution in [0.25, 0.3) is 0 Å². The lowest BCUT2D eigenvalue weighted by molar-refractivity contribution is 0.00690. The van der Waals surface area contributed by atoms with Crippen LogP contribution < -0.4 is 4.90 Å². The van der Waals surface area contributed by atoms with Crippen LogP contribution in [0.3, 0.4) is 0 Å². The van der Waals surface area contributed by atoms with Gasteiger partial charge in [0, 0.05) is 70.7 Å². The Labute approximate surface area is 215 Å². The van der Waals surface area contributed by atoms with E-state index in [2.05, 4.69) is 49.5 Å². The molecule has 1 atom stereocenters. The van der Waals surface area contributed by atoms with Crippen molar-refractivity contribution in [1.29, 1.82) is 0 Å². The second kappa shape index (κ2) is 15.6. The number of halogens is 1. The van der Waals surface area contributed by atoms with Gasteiger partial charge in [-0.15, -0.1) is 0 Å². The highest BCUT2D eigenvalue weighted by molar-refractivity contribution is 9.11. The maximum atomic E-state index is 10.6. The topological polar surface area (TPSA) is 68.1 Å². The number of allylic oxidation sites excluding steroid dienone is 1. The molecule has 1 N–H and O–H groups in total. The second-order valence-corrected chi connectivity index (χ2v) is 10.4. The van der Waals surface area contributed by atoms with Gasteiger partial charge in [0.2, 0.25) is 5.95 Å². The van der Waals surface area contributed by atoms with Crippen LogP contribution in [-0.2, 0) is 6.42 Å². The van der Waals surface area contributed by atoms with Gasteiger partial charge in [-0.2, -0.15) is 0 Å². The molecule has 0 radical (unpaired) electrons. The van der Waals surface area contributed by atoms with Crippen molar-refractivity contribution in [2.24, 2.45) is 4.99 Å². The first-order valence-electron chi connectivity index (χ1n) is 12.8. The van der Waals surface area contributed by atoms with Gasteiger partial charge in [0.15, 0.2) is 0 Å². The maximum absolute atomic E-state index is 10.6. The first-order valence-corrected chi connectivity index (χ1v) is 13.6. The van der Waals surface area contributed by atoms with Crippen LogP contribution in [0.4, 0.5) is 5.95 Å². The molecule has 1 aliphatic heterocycles. The third kappa shape index (κ3) is 9.36. The highest BCUT2D eigenvalue weighted by Gasteiger charge is 2.28. The minimum atomic E-state index is -0.454. The molecule has 1 unspecified atom stereocenters. The number of nitrogens with zero attached hydrogens (tertiary/aromatic N) is 6. The number of aliphatic hydroxyl groups is 1. The van der Waals surface area contributed by atoms with Crippen molar-refractivity contribution >= 4 is 28.1 Å². The van der Waals surface area contributed by atoms with E-state index in [1.807, 2.05) is 26.1 Å². The molecule has 1 aromatic heterocycles. The largest absolute Gasteiger partial charge is 0.378 e. The lowest BCUT2D eigenvalue weighted by atomic mass is 9.91. The molecule has 1 saturated heterocycles. The summed E-state index contributed by atoms with van der Waals surface area (Å²) in [5.41, 5.74) is 2.23. The van der Waals surface area contributed by atoms with Crippen LogP contribution in [0.1, 0.15) is 64.1 Å². The van der Waals surface area contributed by atoms with E-state index in [1.165, 1.54) is 24.8 Å². The van der Waals surface area contributed by atoms with E-state index < -0.39 is 6.23 Å². The summed E-state index contributed by atoms with van der Waals surface area (Å²) in [6.45, 7) is 14.1. The molecule has 192 valence electrons. The van der Waals surface area contributed by atoms with Gasteiger partial charge in [0.25, 0.3) is 0 Å². The molecule has 0 aromatic carbocycles. The summed E-state index contributed by atoms with van der Waals surface area (Å²) in [4.78, 5) is 20.3. The Morgan fingerprint density at radius 2 is 1.97 bits per heavy atom. The monoisotopic (exact) mass is 536 g/mol. The fourth-order valence-corrected chi connectivity index (χ4v) is 4.48. The number of aliphatic hydroxyl groups excluding tert-OH is 1. The van der Waals surface area contributed by atoms with Gasteiger partial charge in [0.05, 0.1) is 0 Å². The number of hydrogen-bond acceptors (Lipinski definition) is 7. The van der Waals surface area contributed by atoms with E-state index in [0.717, 1.165) is 74.3 Å². The molecule has 2 fully saturated rings. The number of aliphatic imine (C=N–C) groups is 1. The van der Waals surface area contributed by atoms with Gasteiger partial charge in [0.1, 0.15) is 6.23 Å². The summed E-state index contributed by atoms with van der Waals surface area (Å²) < 4.78 is 1.06. The van der Waals surface area contributed by atoms with Crippen LogP contribution in [0.2, 0.25) is 0 Å². The number of rotatable bonds is 10. The molecule has 1 aromatic rings. The summed E-state index contributed by atoms with van der Waals surface area (Å²) in [5.74, 6) is 0.868. The maximum Gasteiger partial charge on any atom is 0.225 e. The molecule has 2 heterocycles. The quantitative estimate of drug-likeness (QED) is 0.352. The Bertz CT molecular complexity index is 767. The van der Waals surface area contributed by atoms with E-state index in [9.17, 15) is 5.11 Å². The van der Waals surface area contributed by atoms with Gasteiger partial charge < -0.3 is 15.0 Å². The molecule has 34 heavy (non-hydrogen) atoms. The molecule has 0 amide bonds. The fourth-order valence-electron chi connectivity index (χ4n) is 4.29. The van der Waals surface area contributed by atoms with Crippen LogP contribution in [-0.4, -0.2) is 89.7 Å². The standard InChI is InChI=1S/C23H38BrN5O.C3H7N/c1-4-11-28(22(30)9-8-18(2)24)12-10-20-17-25-23(26-19(20)3)29-15-13-27(14-16-29)21-6-5-7-21;1-3-4-2/h8,17,21-22,30H,4-7,9-16H2,1-3H3;3H,1-2H3/b18-8+;. The first-order chi connectivity index (χ1) is 16.4. The van der Waals surface area contributed by atoms with Crippen LogP contribution in [0.5, 0.6) is 0 Å². The predicted octanol–water partition coefficient (Wildman–Crippen LogP) is 4.43. The normalized spacial score (nSPS) is 18.7. The Morgan fingerprint density at radius 1 is 1.29 bits per heavy atom. The van der Waals surface area contributed by atoms with E-state index in [1.54, 1.807) is 13.3 Å². The Kier molecular flexibility index (Phi) is 13.3. The fraction of sp³-hybridized carbons (Fsp3) is 0.731. The minimum absolute atomic E-state index is 0.454. The summed E-state index contributed by atoms with van der Waals surface area (Å²) in [6, 6.07) is 0.826. The van der Waals surface area contributed by atoms with Gasteiger partial charge in [-0.1, -0.05) is 35.4 Å². The molecule has 8 heteroatoms. The molecular weight excluding hydrogens is 492 g/mol. The van der Waals surface area contributed by atoms with Crippen molar-refractivity contribution in [1.82, 2.24) is 19.8 Å². The first kappa shape index (κ1) is 28.9. The lowest BCUT2D eigenvalue weighted by Crippen LogP contribution is -2.52. The Balaban J connectivity index is 0.000000945. The molecule has 1 aliphatic carbocycles. The van der Waals surface area contributed by atoms with Crippen LogP contribution in [0.15, 0.2) is 21.7 Å². The van der Waals surface area contributed by atoms with E-state index in [0.29, 0.717) is 6.42 Å². The van der Waals surface area contributed by atoms with Crippen LogP contribution >= 0.6 is 15.9 Å². The predicted molar refractivity (Wildman–Crippen MR) is 147 cm³/mol. The van der Waals surface area contributed by atoms with Gasteiger partial charge in [-0.25, -0.2) is 9.97 Å². The SMILES string of the molecule is CC=NC.CCCN(CCc1cnc(N2CCN(C3CCC3)CC2)nc1C)C(O)C/C=C(\C)Br. The van der Waals surface area contributed by atoms with Gasteiger partial charge in [-0.3, -0.25) is 9.80 Å². The molecular formula is C26H45BrN6O. The van der Waals surface area contributed by atoms with Crippen molar-refractivity contribution in [3.05, 3.63) is 28.0 Å². The molecule has 0 spiro atoms. The number of hydrogen-bond donors (Lipinski definition) is 1. The number of anilines is 1. The van der Waals surface area contributed by atoms with Crippen LogP contribution in [0, 0.1) is 6.92 Å². The average molecular weight is 538 g/mol. The molecule has 3 rings (SSSR count). The third-order valence-electron chi connectivity index (χ3n) is 6.73. The van der Waals surface area contributed by atoms with Gasteiger partial charge >= 0.3 is 0 Å². The van der Waals surface area contributed by atoms with E-state index in [-0.39, 0.29) is 0 Å². The highest BCUT2D eigenvalue weighted by atomic mass is 79.9. The lowest BCUT2D eigenvalue weighted by Gasteiger charge is -2.42. The zero-order chi connectivity index (χ0) is 24.9. The summed E-state index contributed by atoms with van der Waals surface area (Å²) >= 11 is 3.44. The van der Waals surface area contributed by atoms with Crippen molar-refractivity contribution < 1.29 is 5.11 Å². The molecule has 2 aliphatic rings. The van der Waals surface area contributed by atoms with Gasteiger partial charge in [-0.05, 0) is 62.7 Å². The average Bonchev–Trinajstić information content (AvgIpc) is 2.80. The van der Waals surface area contributed by atoms with Crippen molar-refractivity contribution in [2.75, 3.05) is 51.2 Å². The Hall–Kier alpha value is -1.35. The zero-order valence-electron chi connectivity index (χ0n) is 21.9. The minimum Gasteiger partial charge on any atom is -0.378 e. The Morgan fingerprint density at radius 3 is 2.47 bits per heavy atom.